The molecule has 0 spiro atoms. The Bertz CT molecular complexity index is 952. The number of carbonyl (C=O) groups excluding carboxylic acids is 1. The van der Waals surface area contributed by atoms with Gasteiger partial charge in [0.1, 0.15) is 5.94 Å². The lowest BCUT2D eigenvalue weighted by atomic mass is 9.88. The summed E-state index contributed by atoms with van der Waals surface area (Å²) in [5, 5.41) is 9.48. The first-order chi connectivity index (χ1) is 12.1. The summed E-state index contributed by atoms with van der Waals surface area (Å²) < 4.78 is 0. The summed E-state index contributed by atoms with van der Waals surface area (Å²) in [7, 11) is 0. The first-order valence-corrected chi connectivity index (χ1v) is 8.15. The second kappa shape index (κ2) is 5.72. The van der Waals surface area contributed by atoms with Gasteiger partial charge in [-0.1, -0.05) is 18.2 Å². The number of anilines is 1. The Morgan fingerprint density at radius 1 is 1.28 bits per heavy atom. The smallest absolute Gasteiger partial charge is 0.338 e. The van der Waals surface area contributed by atoms with Crippen LogP contribution < -0.4 is 4.90 Å². The summed E-state index contributed by atoms with van der Waals surface area (Å²) in [5.41, 5.74) is 4.66. The van der Waals surface area contributed by atoms with E-state index in [2.05, 4.69) is 4.98 Å². The van der Waals surface area contributed by atoms with Crippen LogP contribution in [0.4, 0.5) is 5.69 Å². The van der Waals surface area contributed by atoms with Crippen LogP contribution in [0.2, 0.25) is 0 Å². The van der Waals surface area contributed by atoms with E-state index in [-0.39, 0.29) is 17.2 Å². The molecule has 124 valence electrons. The molecule has 25 heavy (non-hydrogen) atoms. The minimum absolute atomic E-state index is 0.00271. The molecule has 1 aliphatic carbocycles. The van der Waals surface area contributed by atoms with Gasteiger partial charge in [0, 0.05) is 35.8 Å². The third kappa shape index (κ3) is 2.46. The molecule has 0 amide bonds. The van der Waals surface area contributed by atoms with Crippen molar-refractivity contribution in [3.05, 3.63) is 59.6 Å². The fourth-order valence-electron chi connectivity index (χ4n) is 3.40. The highest BCUT2D eigenvalue weighted by molar-refractivity contribution is 6.16. The molecule has 0 radical (unpaired) electrons. The minimum Gasteiger partial charge on any atom is -0.478 e. The molecule has 5 heteroatoms. The summed E-state index contributed by atoms with van der Waals surface area (Å²) in [6, 6.07) is 7.88. The number of nitrogens with zero attached hydrogens (tertiary/aromatic N) is 2. The Morgan fingerprint density at radius 3 is 2.64 bits per heavy atom. The molecule has 2 aromatic rings. The average Bonchev–Trinajstić information content (AvgIpc) is 3.46. The van der Waals surface area contributed by atoms with Crippen LogP contribution in [0.5, 0.6) is 0 Å². The number of pyridine rings is 1. The first-order valence-electron chi connectivity index (χ1n) is 8.15. The maximum absolute atomic E-state index is 11.6. The van der Waals surface area contributed by atoms with E-state index in [1.54, 1.807) is 18.6 Å². The summed E-state index contributed by atoms with van der Waals surface area (Å²) in [6.07, 6.45) is 7.14. The Hall–Kier alpha value is -3.17. The zero-order valence-electron chi connectivity index (χ0n) is 13.7. The molecule has 0 bridgehead atoms. The molecule has 1 saturated carbocycles. The van der Waals surface area contributed by atoms with E-state index in [0.717, 1.165) is 35.2 Å². The Morgan fingerprint density at radius 2 is 2.04 bits per heavy atom. The number of carboxylic acid groups (broad SMARTS) is 1. The van der Waals surface area contributed by atoms with E-state index >= 15 is 0 Å². The molecule has 1 fully saturated rings. The molecule has 2 aliphatic rings. The number of fused-ring (bicyclic) bond motifs is 1. The average molecular weight is 332 g/mol. The van der Waals surface area contributed by atoms with Gasteiger partial charge in [0.15, 0.2) is 0 Å². The van der Waals surface area contributed by atoms with E-state index in [4.69, 9.17) is 0 Å². The third-order valence-corrected chi connectivity index (χ3v) is 4.74. The number of hydrogen-bond donors (Lipinski definition) is 1. The van der Waals surface area contributed by atoms with Gasteiger partial charge in [-0.15, -0.1) is 0 Å². The number of carbonyl (C=O) groups is 1. The van der Waals surface area contributed by atoms with Crippen molar-refractivity contribution < 1.29 is 14.7 Å². The van der Waals surface area contributed by atoms with Gasteiger partial charge in [-0.2, -0.15) is 0 Å². The zero-order valence-corrected chi connectivity index (χ0v) is 13.7. The first kappa shape index (κ1) is 15.4. The van der Waals surface area contributed by atoms with Gasteiger partial charge in [0.25, 0.3) is 0 Å². The molecule has 1 aliphatic heterocycles. The molecule has 0 saturated heterocycles. The number of hydrogen-bond acceptors (Lipinski definition) is 4. The Kier molecular flexibility index (Phi) is 3.52. The maximum Gasteiger partial charge on any atom is 0.338 e. The predicted molar refractivity (Wildman–Crippen MR) is 94.7 cm³/mol. The second-order valence-corrected chi connectivity index (χ2v) is 6.34. The quantitative estimate of drug-likeness (QED) is 0.874. The van der Waals surface area contributed by atoms with Gasteiger partial charge in [-0.05, 0) is 37.0 Å². The Labute approximate surface area is 144 Å². The zero-order chi connectivity index (χ0) is 17.6. The van der Waals surface area contributed by atoms with Crippen LogP contribution in [0.1, 0.15) is 24.0 Å². The van der Waals surface area contributed by atoms with Crippen molar-refractivity contribution in [2.75, 3.05) is 4.90 Å². The lowest BCUT2D eigenvalue weighted by molar-refractivity contribution is -0.132. The highest BCUT2D eigenvalue weighted by Gasteiger charge is 2.36. The molecule has 0 atom stereocenters. The summed E-state index contributed by atoms with van der Waals surface area (Å²) >= 11 is 0. The predicted octanol–water partition coefficient (Wildman–Crippen LogP) is 3.22. The van der Waals surface area contributed by atoms with Crippen LogP contribution in [-0.2, 0) is 9.59 Å². The number of rotatable bonds is 3. The van der Waals surface area contributed by atoms with Crippen molar-refractivity contribution in [2.45, 2.75) is 25.8 Å². The van der Waals surface area contributed by atoms with Crippen LogP contribution in [0.25, 0.3) is 16.7 Å². The highest BCUT2D eigenvalue weighted by Crippen LogP contribution is 2.45. The van der Waals surface area contributed by atoms with Crippen LogP contribution in [0.15, 0.2) is 48.4 Å². The van der Waals surface area contributed by atoms with Crippen molar-refractivity contribution in [1.29, 1.82) is 0 Å². The highest BCUT2D eigenvalue weighted by atomic mass is 16.4. The molecule has 4 rings (SSSR count). The van der Waals surface area contributed by atoms with Gasteiger partial charge in [0.2, 0.25) is 0 Å². The van der Waals surface area contributed by atoms with E-state index in [9.17, 15) is 14.7 Å². The van der Waals surface area contributed by atoms with Gasteiger partial charge in [-0.25, -0.2) is 9.59 Å². The summed E-state index contributed by atoms with van der Waals surface area (Å²) in [5.74, 6) is 0.729. The van der Waals surface area contributed by atoms with Gasteiger partial charge < -0.3 is 10.0 Å². The third-order valence-electron chi connectivity index (χ3n) is 4.74. The summed E-state index contributed by atoms with van der Waals surface area (Å²) in [4.78, 5) is 29.3. The molecular formula is C20H16N2O3. The number of benzene rings is 1. The second-order valence-electron chi connectivity index (χ2n) is 6.34. The lowest BCUT2D eigenvalue weighted by Crippen LogP contribution is -2.27. The lowest BCUT2D eigenvalue weighted by Gasteiger charge is -2.31. The molecule has 1 N–H and O–H groups in total. The largest absolute Gasteiger partial charge is 0.478 e. The molecule has 5 nitrogen and oxygen atoms in total. The van der Waals surface area contributed by atoms with E-state index in [1.807, 2.05) is 42.0 Å². The fourth-order valence-corrected chi connectivity index (χ4v) is 3.40. The van der Waals surface area contributed by atoms with Crippen molar-refractivity contribution >= 4 is 23.2 Å². The van der Waals surface area contributed by atoms with Crippen LogP contribution >= 0.6 is 0 Å². The van der Waals surface area contributed by atoms with Crippen LogP contribution in [-0.4, -0.2) is 28.0 Å². The number of aliphatic carboxylic acids is 1. The molecule has 2 heterocycles. The van der Waals surface area contributed by atoms with E-state index in [1.165, 1.54) is 0 Å². The van der Waals surface area contributed by atoms with Crippen LogP contribution in [0, 0.1) is 6.92 Å². The van der Waals surface area contributed by atoms with Gasteiger partial charge in [0.05, 0.1) is 16.8 Å². The maximum atomic E-state index is 11.6. The van der Waals surface area contributed by atoms with Crippen molar-refractivity contribution in [2.24, 2.45) is 0 Å². The van der Waals surface area contributed by atoms with Gasteiger partial charge in [-0.3, -0.25) is 4.98 Å². The van der Waals surface area contributed by atoms with Crippen LogP contribution in [0.3, 0.4) is 0 Å². The van der Waals surface area contributed by atoms with E-state index in [0.29, 0.717) is 5.56 Å². The number of carboxylic acids is 1. The SMILES string of the molecule is Cc1c(-c2cccnc2)ccc2c1N(C1CC1)C=C(C(=O)O)C2=C=O. The molecular weight excluding hydrogens is 316 g/mol. The monoisotopic (exact) mass is 332 g/mol. The summed E-state index contributed by atoms with van der Waals surface area (Å²) in [6.45, 7) is 2.00. The minimum atomic E-state index is -1.11. The molecule has 1 aromatic carbocycles. The standard InChI is InChI=1S/C20H16N2O3/c1-12-15(13-3-2-8-21-9-13)6-7-16-18(11-23)17(20(24)25)10-22(19(12)16)14-4-5-14/h2-3,6-10,14H,4-5H2,1H3,(H,24,25). The molecule has 1 aromatic heterocycles. The normalized spacial score (nSPS) is 16.1. The fraction of sp³-hybridized carbons (Fsp3) is 0.200. The van der Waals surface area contributed by atoms with E-state index < -0.39 is 5.97 Å². The van der Waals surface area contributed by atoms with Crippen molar-refractivity contribution in [1.82, 2.24) is 4.98 Å². The van der Waals surface area contributed by atoms with Crippen molar-refractivity contribution in [3.63, 3.8) is 0 Å². The topological polar surface area (TPSA) is 70.5 Å². The number of aromatic nitrogens is 1. The molecule has 0 unspecified atom stereocenters. The van der Waals surface area contributed by atoms with Crippen molar-refractivity contribution in [3.8, 4) is 11.1 Å². The van der Waals surface area contributed by atoms with Gasteiger partial charge >= 0.3 is 5.97 Å². The Balaban J connectivity index is 1.96.